The molecule has 2 fully saturated rings. The number of aromatic nitrogens is 1. The van der Waals surface area contributed by atoms with Crippen molar-refractivity contribution in [3.05, 3.63) is 48.3 Å². The van der Waals surface area contributed by atoms with E-state index in [9.17, 15) is 14.4 Å². The van der Waals surface area contributed by atoms with E-state index in [1.807, 2.05) is 19.1 Å². The molecule has 1 aliphatic heterocycles. The Labute approximate surface area is 175 Å². The van der Waals surface area contributed by atoms with Crippen LogP contribution in [0.2, 0.25) is 0 Å². The fourth-order valence-corrected chi connectivity index (χ4v) is 4.26. The van der Waals surface area contributed by atoms with Crippen LogP contribution < -0.4 is 10.1 Å². The van der Waals surface area contributed by atoms with E-state index in [4.69, 9.17) is 4.74 Å². The molecule has 0 spiro atoms. The molecule has 1 aromatic carbocycles. The first-order valence-corrected chi connectivity index (χ1v) is 10.4. The molecule has 0 bridgehead atoms. The molecule has 4 rings (SSSR count). The molecule has 1 aromatic heterocycles. The van der Waals surface area contributed by atoms with Crippen LogP contribution in [0.25, 0.3) is 0 Å². The predicted octanol–water partition coefficient (Wildman–Crippen LogP) is 3.69. The SMILES string of the molecule is Cc1cc(NC(=O)CCN2C(=O)C3CCCCC3C2=O)ccc1Oc1cccnc1. The van der Waals surface area contributed by atoms with E-state index in [1.165, 1.54) is 4.90 Å². The molecule has 2 atom stereocenters. The van der Waals surface area contributed by atoms with Crippen LogP contribution in [-0.2, 0) is 14.4 Å². The molecule has 3 amide bonds. The van der Waals surface area contributed by atoms with Gasteiger partial charge in [-0.25, -0.2) is 0 Å². The van der Waals surface area contributed by atoms with Gasteiger partial charge in [0.15, 0.2) is 0 Å². The number of benzene rings is 1. The van der Waals surface area contributed by atoms with Gasteiger partial charge in [0.1, 0.15) is 11.5 Å². The number of aryl methyl sites for hydroxylation is 1. The smallest absolute Gasteiger partial charge is 0.233 e. The molecule has 1 aliphatic carbocycles. The Hall–Kier alpha value is -3.22. The third-order valence-corrected chi connectivity index (χ3v) is 5.82. The largest absolute Gasteiger partial charge is 0.455 e. The second kappa shape index (κ2) is 8.65. The molecule has 30 heavy (non-hydrogen) atoms. The highest BCUT2D eigenvalue weighted by molar-refractivity contribution is 6.05. The maximum absolute atomic E-state index is 12.5. The van der Waals surface area contributed by atoms with Gasteiger partial charge in [-0.1, -0.05) is 12.8 Å². The van der Waals surface area contributed by atoms with Gasteiger partial charge in [0, 0.05) is 24.8 Å². The van der Waals surface area contributed by atoms with Gasteiger partial charge < -0.3 is 10.1 Å². The lowest BCUT2D eigenvalue weighted by Gasteiger charge is -2.19. The van der Waals surface area contributed by atoms with Gasteiger partial charge in [-0.15, -0.1) is 0 Å². The number of pyridine rings is 1. The summed E-state index contributed by atoms with van der Waals surface area (Å²) in [5.41, 5.74) is 1.51. The molecule has 156 valence electrons. The average molecular weight is 407 g/mol. The first-order chi connectivity index (χ1) is 14.5. The van der Waals surface area contributed by atoms with Gasteiger partial charge in [0.2, 0.25) is 17.7 Å². The minimum absolute atomic E-state index is 0.0872. The lowest BCUT2D eigenvalue weighted by molar-refractivity contribution is -0.140. The zero-order valence-corrected chi connectivity index (χ0v) is 17.0. The highest BCUT2D eigenvalue weighted by atomic mass is 16.5. The molecule has 1 N–H and O–H groups in total. The van der Waals surface area contributed by atoms with E-state index in [0.717, 1.165) is 31.2 Å². The Morgan fingerprint density at radius 3 is 2.53 bits per heavy atom. The Bertz CT molecular complexity index is 936. The lowest BCUT2D eigenvalue weighted by atomic mass is 9.81. The first kappa shape index (κ1) is 20.1. The maximum atomic E-state index is 12.5. The number of hydrogen-bond donors (Lipinski definition) is 1. The van der Waals surface area contributed by atoms with Crippen LogP contribution in [0.4, 0.5) is 5.69 Å². The van der Waals surface area contributed by atoms with Crippen LogP contribution >= 0.6 is 0 Å². The van der Waals surface area contributed by atoms with E-state index in [2.05, 4.69) is 10.3 Å². The Morgan fingerprint density at radius 1 is 1.17 bits per heavy atom. The normalized spacial score (nSPS) is 20.8. The fourth-order valence-electron chi connectivity index (χ4n) is 4.26. The number of nitrogens with one attached hydrogen (secondary N) is 1. The molecule has 1 saturated heterocycles. The number of hydrogen-bond acceptors (Lipinski definition) is 5. The van der Waals surface area contributed by atoms with Gasteiger partial charge in [0.05, 0.1) is 18.0 Å². The van der Waals surface area contributed by atoms with Crippen molar-refractivity contribution in [3.63, 3.8) is 0 Å². The fraction of sp³-hybridized carbons (Fsp3) is 0.391. The van der Waals surface area contributed by atoms with Crippen molar-refractivity contribution in [2.75, 3.05) is 11.9 Å². The molecule has 2 unspecified atom stereocenters. The van der Waals surface area contributed by atoms with Gasteiger partial charge >= 0.3 is 0 Å². The Morgan fingerprint density at radius 2 is 1.90 bits per heavy atom. The molecule has 1 saturated carbocycles. The summed E-state index contributed by atoms with van der Waals surface area (Å²) in [6, 6.07) is 8.99. The van der Waals surface area contributed by atoms with E-state index in [-0.39, 0.29) is 42.5 Å². The third kappa shape index (κ3) is 4.20. The molecule has 2 aromatic rings. The number of amides is 3. The van der Waals surface area contributed by atoms with Crippen molar-refractivity contribution >= 4 is 23.4 Å². The number of nitrogens with zero attached hydrogens (tertiary/aromatic N) is 2. The minimum Gasteiger partial charge on any atom is -0.455 e. The van der Waals surface area contributed by atoms with Gasteiger partial charge in [-0.05, 0) is 55.7 Å². The summed E-state index contributed by atoms with van der Waals surface area (Å²) in [6.45, 7) is 2.03. The van der Waals surface area contributed by atoms with Gasteiger partial charge in [0.25, 0.3) is 0 Å². The number of ether oxygens (including phenoxy) is 1. The quantitative estimate of drug-likeness (QED) is 0.738. The summed E-state index contributed by atoms with van der Waals surface area (Å²) < 4.78 is 5.80. The average Bonchev–Trinajstić information content (AvgIpc) is 2.99. The van der Waals surface area contributed by atoms with Crippen molar-refractivity contribution in [1.29, 1.82) is 0 Å². The number of imide groups is 1. The Balaban J connectivity index is 1.32. The van der Waals surface area contributed by atoms with Gasteiger partial charge in [-0.3, -0.25) is 24.3 Å². The third-order valence-electron chi connectivity index (χ3n) is 5.82. The Kier molecular flexibility index (Phi) is 5.79. The summed E-state index contributed by atoms with van der Waals surface area (Å²) in [6.07, 6.45) is 6.95. The zero-order chi connectivity index (χ0) is 21.1. The summed E-state index contributed by atoms with van der Waals surface area (Å²) >= 11 is 0. The predicted molar refractivity (Wildman–Crippen MR) is 111 cm³/mol. The highest BCUT2D eigenvalue weighted by Gasteiger charge is 2.47. The molecule has 2 heterocycles. The monoisotopic (exact) mass is 407 g/mol. The molecular weight excluding hydrogens is 382 g/mol. The van der Waals surface area contributed by atoms with Crippen molar-refractivity contribution in [1.82, 2.24) is 9.88 Å². The molecule has 0 radical (unpaired) electrons. The number of fused-ring (bicyclic) bond motifs is 1. The van der Waals surface area contributed by atoms with E-state index < -0.39 is 0 Å². The van der Waals surface area contributed by atoms with Gasteiger partial charge in [-0.2, -0.15) is 0 Å². The standard InChI is InChI=1S/C23H25N3O4/c1-15-13-16(8-9-20(15)30-17-5-4-11-24-14-17)25-21(27)10-12-26-22(28)18-6-2-3-7-19(18)23(26)29/h4-5,8-9,11,13-14,18-19H,2-3,6-7,10,12H2,1H3,(H,25,27). The first-order valence-electron chi connectivity index (χ1n) is 10.4. The van der Waals surface area contributed by atoms with Crippen molar-refractivity contribution in [2.24, 2.45) is 11.8 Å². The van der Waals surface area contributed by atoms with Crippen LogP contribution in [0.1, 0.15) is 37.7 Å². The summed E-state index contributed by atoms with van der Waals surface area (Å²) in [5, 5.41) is 2.83. The maximum Gasteiger partial charge on any atom is 0.233 e. The van der Waals surface area contributed by atoms with Crippen LogP contribution in [0.5, 0.6) is 11.5 Å². The minimum atomic E-state index is -0.231. The van der Waals surface area contributed by atoms with Crippen molar-refractivity contribution in [2.45, 2.75) is 39.0 Å². The lowest BCUT2D eigenvalue weighted by Crippen LogP contribution is -2.34. The second-order valence-corrected chi connectivity index (χ2v) is 7.89. The summed E-state index contributed by atoms with van der Waals surface area (Å²) in [4.78, 5) is 42.7. The number of carbonyl (C=O) groups is 3. The molecule has 2 aliphatic rings. The van der Waals surface area contributed by atoms with Crippen LogP contribution in [0.15, 0.2) is 42.7 Å². The highest BCUT2D eigenvalue weighted by Crippen LogP contribution is 2.38. The zero-order valence-electron chi connectivity index (χ0n) is 17.0. The van der Waals surface area contributed by atoms with Crippen LogP contribution in [-0.4, -0.2) is 34.2 Å². The van der Waals surface area contributed by atoms with E-state index >= 15 is 0 Å². The number of rotatable bonds is 6. The van der Waals surface area contributed by atoms with Crippen LogP contribution in [0, 0.1) is 18.8 Å². The topological polar surface area (TPSA) is 88.6 Å². The number of carbonyl (C=O) groups excluding carboxylic acids is 3. The summed E-state index contributed by atoms with van der Waals surface area (Å²) in [7, 11) is 0. The van der Waals surface area contributed by atoms with E-state index in [0.29, 0.717) is 17.2 Å². The number of anilines is 1. The van der Waals surface area contributed by atoms with Crippen molar-refractivity contribution in [3.8, 4) is 11.5 Å². The van der Waals surface area contributed by atoms with Crippen LogP contribution in [0.3, 0.4) is 0 Å². The second-order valence-electron chi connectivity index (χ2n) is 7.89. The summed E-state index contributed by atoms with van der Waals surface area (Å²) in [5.74, 6) is 0.518. The van der Waals surface area contributed by atoms with Crippen molar-refractivity contribution < 1.29 is 19.1 Å². The molecule has 7 nitrogen and oxygen atoms in total. The molecular formula is C23H25N3O4. The molecule has 7 heteroatoms. The number of likely N-dealkylation sites (tertiary alicyclic amines) is 1. The van der Waals surface area contributed by atoms with E-state index in [1.54, 1.807) is 30.6 Å².